The molecule has 1 unspecified atom stereocenters. The van der Waals surface area contributed by atoms with Crippen LogP contribution in [-0.4, -0.2) is 23.5 Å². The second-order valence-electron chi connectivity index (χ2n) is 6.33. The van der Waals surface area contributed by atoms with Crippen molar-refractivity contribution in [1.82, 2.24) is 0 Å². The topological polar surface area (TPSA) is 63.3 Å². The standard InChI is InChI=1S/C22H37NO2/c1-2-3-4-5-6-7-8-9-10-11-12-13-14-15-16-17-18-19-21(24)22(25)20-23/h12-19,22,25H,2-11,20,23H2,1H3. The van der Waals surface area contributed by atoms with Crippen molar-refractivity contribution in [2.24, 2.45) is 5.73 Å². The normalized spacial score (nSPS) is 13.7. The van der Waals surface area contributed by atoms with Gasteiger partial charge in [0, 0.05) is 6.54 Å². The number of aliphatic hydroxyl groups is 1. The molecule has 0 amide bonds. The smallest absolute Gasteiger partial charge is 0.185 e. The van der Waals surface area contributed by atoms with Gasteiger partial charge in [-0.05, 0) is 18.9 Å². The molecule has 0 aromatic rings. The lowest BCUT2D eigenvalue weighted by Crippen LogP contribution is -2.27. The van der Waals surface area contributed by atoms with E-state index >= 15 is 0 Å². The van der Waals surface area contributed by atoms with E-state index in [0.717, 1.165) is 6.42 Å². The van der Waals surface area contributed by atoms with Gasteiger partial charge in [-0.1, -0.05) is 101 Å². The van der Waals surface area contributed by atoms with Gasteiger partial charge in [-0.15, -0.1) is 0 Å². The Morgan fingerprint density at radius 1 is 0.840 bits per heavy atom. The second kappa shape index (κ2) is 18.9. The summed E-state index contributed by atoms with van der Waals surface area (Å²) < 4.78 is 0. The Bertz CT molecular complexity index is 422. The molecule has 1 atom stereocenters. The van der Waals surface area contributed by atoms with E-state index in [1.165, 1.54) is 63.9 Å². The van der Waals surface area contributed by atoms with Gasteiger partial charge in [0.25, 0.3) is 0 Å². The molecule has 3 heteroatoms. The van der Waals surface area contributed by atoms with Crippen molar-refractivity contribution in [3.8, 4) is 0 Å². The van der Waals surface area contributed by atoms with Gasteiger partial charge in [0.1, 0.15) is 6.10 Å². The summed E-state index contributed by atoms with van der Waals surface area (Å²) >= 11 is 0. The fourth-order valence-corrected chi connectivity index (χ4v) is 2.38. The molecule has 142 valence electrons. The first-order valence-corrected chi connectivity index (χ1v) is 9.80. The lowest BCUT2D eigenvalue weighted by molar-refractivity contribution is -0.121. The number of carbonyl (C=O) groups excluding carboxylic acids is 1. The molecule has 3 N–H and O–H groups in total. The molecule has 0 heterocycles. The summed E-state index contributed by atoms with van der Waals surface area (Å²) in [4.78, 5) is 11.3. The SMILES string of the molecule is CCCCCCCCCCCC=CC=CC=CC=CC(=O)C(O)CN. The maximum atomic E-state index is 11.3. The molecule has 0 aliphatic rings. The molecular weight excluding hydrogens is 310 g/mol. The van der Waals surface area contributed by atoms with Crippen molar-refractivity contribution in [1.29, 1.82) is 0 Å². The molecule has 0 fully saturated rings. The first kappa shape index (κ1) is 23.5. The highest BCUT2D eigenvalue weighted by Crippen LogP contribution is 2.10. The number of carbonyl (C=O) groups is 1. The largest absolute Gasteiger partial charge is 0.384 e. The summed E-state index contributed by atoms with van der Waals surface area (Å²) in [7, 11) is 0. The molecule has 25 heavy (non-hydrogen) atoms. The van der Waals surface area contributed by atoms with Crippen LogP contribution in [0.15, 0.2) is 48.6 Å². The molecule has 0 aliphatic heterocycles. The number of unbranched alkanes of at least 4 members (excludes halogenated alkanes) is 9. The fourth-order valence-electron chi connectivity index (χ4n) is 2.38. The quantitative estimate of drug-likeness (QED) is 0.234. The predicted molar refractivity (Wildman–Crippen MR) is 108 cm³/mol. The number of hydrogen-bond donors (Lipinski definition) is 2. The maximum absolute atomic E-state index is 11.3. The molecule has 0 aliphatic carbocycles. The average Bonchev–Trinajstić information content (AvgIpc) is 2.63. The van der Waals surface area contributed by atoms with Crippen LogP contribution in [0.4, 0.5) is 0 Å². The first-order valence-electron chi connectivity index (χ1n) is 9.80. The van der Waals surface area contributed by atoms with Crippen molar-refractivity contribution in [3.05, 3.63) is 48.6 Å². The van der Waals surface area contributed by atoms with Crippen LogP contribution < -0.4 is 5.73 Å². The van der Waals surface area contributed by atoms with E-state index in [4.69, 9.17) is 5.73 Å². The van der Waals surface area contributed by atoms with Crippen LogP contribution in [0, 0.1) is 0 Å². The Kier molecular flexibility index (Phi) is 17.8. The summed E-state index contributed by atoms with van der Waals surface area (Å²) in [5, 5.41) is 9.19. The van der Waals surface area contributed by atoms with Crippen LogP contribution in [0.1, 0.15) is 71.1 Å². The molecule has 0 spiro atoms. The Morgan fingerprint density at radius 2 is 1.36 bits per heavy atom. The number of rotatable bonds is 16. The van der Waals surface area contributed by atoms with Crippen LogP contribution >= 0.6 is 0 Å². The first-order chi connectivity index (χ1) is 12.2. The molecule has 3 nitrogen and oxygen atoms in total. The predicted octanol–water partition coefficient (Wildman–Crippen LogP) is 5.02. The summed E-state index contributed by atoms with van der Waals surface area (Å²) in [6.07, 6.45) is 27.0. The van der Waals surface area contributed by atoms with Crippen LogP contribution in [0.25, 0.3) is 0 Å². The van der Waals surface area contributed by atoms with E-state index in [-0.39, 0.29) is 12.3 Å². The van der Waals surface area contributed by atoms with Crippen molar-refractivity contribution in [3.63, 3.8) is 0 Å². The highest BCUT2D eigenvalue weighted by Gasteiger charge is 2.07. The molecule has 0 bridgehead atoms. The Balaban J connectivity index is 3.53. The van der Waals surface area contributed by atoms with Crippen LogP contribution in [0.3, 0.4) is 0 Å². The zero-order valence-corrected chi connectivity index (χ0v) is 15.9. The number of nitrogens with two attached hydrogens (primary N) is 1. The zero-order chi connectivity index (χ0) is 18.6. The molecule has 0 aromatic heterocycles. The highest BCUT2D eigenvalue weighted by molar-refractivity contribution is 5.93. The van der Waals surface area contributed by atoms with Gasteiger partial charge >= 0.3 is 0 Å². The van der Waals surface area contributed by atoms with Crippen molar-refractivity contribution in [2.75, 3.05) is 6.54 Å². The number of ketones is 1. The van der Waals surface area contributed by atoms with Gasteiger partial charge in [-0.3, -0.25) is 4.79 Å². The minimum Gasteiger partial charge on any atom is -0.384 e. The van der Waals surface area contributed by atoms with Gasteiger partial charge < -0.3 is 10.8 Å². The van der Waals surface area contributed by atoms with E-state index in [9.17, 15) is 9.90 Å². The van der Waals surface area contributed by atoms with Crippen molar-refractivity contribution in [2.45, 2.75) is 77.2 Å². The minimum absolute atomic E-state index is 0.0451. The third kappa shape index (κ3) is 17.2. The second-order valence-corrected chi connectivity index (χ2v) is 6.33. The maximum Gasteiger partial charge on any atom is 0.185 e. The highest BCUT2D eigenvalue weighted by atomic mass is 16.3. The van der Waals surface area contributed by atoms with Crippen molar-refractivity contribution >= 4 is 5.78 Å². The molecule has 0 aromatic carbocycles. The summed E-state index contributed by atoms with van der Waals surface area (Å²) in [5.74, 6) is -0.364. The van der Waals surface area contributed by atoms with Crippen LogP contribution in [-0.2, 0) is 4.79 Å². The fraction of sp³-hybridized carbons (Fsp3) is 0.591. The molecule has 0 saturated carbocycles. The monoisotopic (exact) mass is 347 g/mol. The number of aliphatic hydroxyl groups excluding tert-OH is 1. The summed E-state index contributed by atoms with van der Waals surface area (Å²) in [5.41, 5.74) is 5.20. The molecule has 0 radical (unpaired) electrons. The van der Waals surface area contributed by atoms with Gasteiger partial charge in [-0.2, -0.15) is 0 Å². The lowest BCUT2D eigenvalue weighted by atomic mass is 10.1. The Labute approximate surface area is 154 Å². The van der Waals surface area contributed by atoms with E-state index in [1.54, 1.807) is 12.2 Å². The number of hydrogen-bond acceptors (Lipinski definition) is 3. The van der Waals surface area contributed by atoms with Gasteiger partial charge in [0.05, 0.1) is 0 Å². The third-order valence-corrected chi connectivity index (χ3v) is 3.98. The number of allylic oxidation sites excluding steroid dienone is 7. The Hall–Kier alpha value is -1.45. The van der Waals surface area contributed by atoms with Crippen LogP contribution in [0.5, 0.6) is 0 Å². The molecule has 0 rings (SSSR count). The van der Waals surface area contributed by atoms with E-state index < -0.39 is 6.10 Å². The van der Waals surface area contributed by atoms with Crippen molar-refractivity contribution < 1.29 is 9.90 Å². The third-order valence-electron chi connectivity index (χ3n) is 3.98. The van der Waals surface area contributed by atoms with E-state index in [1.807, 2.05) is 18.2 Å². The van der Waals surface area contributed by atoms with Gasteiger partial charge in [-0.25, -0.2) is 0 Å². The zero-order valence-electron chi connectivity index (χ0n) is 15.9. The van der Waals surface area contributed by atoms with Gasteiger partial charge in [0.2, 0.25) is 0 Å². The van der Waals surface area contributed by atoms with E-state index in [2.05, 4.69) is 19.1 Å². The lowest BCUT2D eigenvalue weighted by Gasteiger charge is -2.00. The summed E-state index contributed by atoms with van der Waals surface area (Å²) in [6.45, 7) is 2.21. The molecule has 0 saturated heterocycles. The Morgan fingerprint density at radius 3 is 1.96 bits per heavy atom. The van der Waals surface area contributed by atoms with Gasteiger partial charge in [0.15, 0.2) is 5.78 Å². The molecular formula is C22H37NO2. The average molecular weight is 348 g/mol. The van der Waals surface area contributed by atoms with E-state index in [0.29, 0.717) is 0 Å². The minimum atomic E-state index is -1.09. The summed E-state index contributed by atoms with van der Waals surface area (Å²) in [6, 6.07) is 0. The van der Waals surface area contributed by atoms with Crippen LogP contribution in [0.2, 0.25) is 0 Å².